The van der Waals surface area contributed by atoms with Gasteiger partial charge in [0.2, 0.25) is 5.92 Å². The molecular weight excluding hydrogens is 303 g/mol. The zero-order valence-corrected chi connectivity index (χ0v) is 12.3. The van der Waals surface area contributed by atoms with Crippen LogP contribution in [0, 0.1) is 11.7 Å². The van der Waals surface area contributed by atoms with Crippen LogP contribution in [-0.2, 0) is 19.1 Å². The lowest BCUT2D eigenvalue weighted by molar-refractivity contribution is -0.158. The summed E-state index contributed by atoms with van der Waals surface area (Å²) in [7, 11) is 0. The lowest BCUT2D eigenvalue weighted by Gasteiger charge is -2.14. The lowest BCUT2D eigenvalue weighted by Crippen LogP contribution is -2.35. The van der Waals surface area contributed by atoms with Crippen molar-refractivity contribution in [2.75, 3.05) is 13.2 Å². The molecule has 0 saturated carbocycles. The third-order valence-electron chi connectivity index (χ3n) is 2.50. The SMILES string of the molecule is CCOC(=O)C(C(=O)OCC)C(=O)c1ccc(F)cc1Cl. The zero-order chi connectivity index (χ0) is 16.0. The number of hydrogen-bond acceptors (Lipinski definition) is 5. The first-order chi connectivity index (χ1) is 9.92. The number of rotatable bonds is 6. The first kappa shape index (κ1) is 17.1. The molecule has 0 aliphatic carbocycles. The fraction of sp³-hybridized carbons (Fsp3) is 0.357. The van der Waals surface area contributed by atoms with Crippen LogP contribution in [0.4, 0.5) is 4.39 Å². The molecule has 114 valence electrons. The second-order valence-electron chi connectivity index (χ2n) is 3.93. The molecule has 0 bridgehead atoms. The van der Waals surface area contributed by atoms with E-state index in [0.717, 1.165) is 18.2 Å². The van der Waals surface area contributed by atoms with E-state index >= 15 is 0 Å². The monoisotopic (exact) mass is 316 g/mol. The highest BCUT2D eigenvalue weighted by Crippen LogP contribution is 2.22. The van der Waals surface area contributed by atoms with E-state index in [1.807, 2.05) is 0 Å². The first-order valence-corrected chi connectivity index (χ1v) is 6.62. The van der Waals surface area contributed by atoms with Gasteiger partial charge >= 0.3 is 11.9 Å². The van der Waals surface area contributed by atoms with E-state index in [-0.39, 0.29) is 23.8 Å². The predicted octanol–water partition coefficient (Wildman–Crippen LogP) is 2.40. The Morgan fingerprint density at radius 2 is 1.67 bits per heavy atom. The van der Waals surface area contributed by atoms with E-state index < -0.39 is 29.5 Å². The van der Waals surface area contributed by atoms with Gasteiger partial charge in [0.05, 0.1) is 18.2 Å². The molecule has 7 heteroatoms. The number of carbonyl (C=O) groups is 3. The summed E-state index contributed by atoms with van der Waals surface area (Å²) in [5, 5.41) is -0.196. The number of hydrogen-bond donors (Lipinski definition) is 0. The number of esters is 2. The lowest BCUT2D eigenvalue weighted by atomic mass is 9.97. The molecule has 0 fully saturated rings. The number of carbonyl (C=O) groups excluding carboxylic acids is 3. The van der Waals surface area contributed by atoms with E-state index in [9.17, 15) is 18.8 Å². The maximum absolute atomic E-state index is 13.0. The number of ether oxygens (including phenoxy) is 2. The molecule has 0 radical (unpaired) electrons. The van der Waals surface area contributed by atoms with Gasteiger partial charge in [-0.25, -0.2) is 4.39 Å². The molecule has 0 heterocycles. The summed E-state index contributed by atoms with van der Waals surface area (Å²) in [6.07, 6.45) is 0. The second kappa shape index (κ2) is 7.73. The van der Waals surface area contributed by atoms with E-state index in [1.165, 1.54) is 13.8 Å². The quantitative estimate of drug-likeness (QED) is 0.458. The average Bonchev–Trinajstić information content (AvgIpc) is 2.39. The van der Waals surface area contributed by atoms with Gasteiger partial charge in [0.1, 0.15) is 5.82 Å². The molecule has 5 nitrogen and oxygen atoms in total. The van der Waals surface area contributed by atoms with Crippen molar-refractivity contribution in [2.24, 2.45) is 5.92 Å². The summed E-state index contributed by atoms with van der Waals surface area (Å²) in [6.45, 7) is 3.07. The van der Waals surface area contributed by atoms with Gasteiger partial charge in [-0.1, -0.05) is 11.6 Å². The molecule has 0 spiro atoms. The van der Waals surface area contributed by atoms with Crippen LogP contribution in [0.2, 0.25) is 5.02 Å². The van der Waals surface area contributed by atoms with Gasteiger partial charge in [0.25, 0.3) is 0 Å². The number of halogens is 2. The van der Waals surface area contributed by atoms with Crippen molar-refractivity contribution in [3.05, 3.63) is 34.6 Å². The van der Waals surface area contributed by atoms with Gasteiger partial charge < -0.3 is 9.47 Å². The second-order valence-corrected chi connectivity index (χ2v) is 4.33. The van der Waals surface area contributed by atoms with E-state index in [0.29, 0.717) is 0 Å². The molecule has 0 aliphatic rings. The summed E-state index contributed by atoms with van der Waals surface area (Å²) in [5.74, 6) is -5.35. The molecule has 0 aliphatic heterocycles. The summed E-state index contributed by atoms with van der Waals surface area (Å²) >= 11 is 5.77. The molecule has 0 unspecified atom stereocenters. The minimum Gasteiger partial charge on any atom is -0.465 e. The Labute approximate surface area is 126 Å². The highest BCUT2D eigenvalue weighted by atomic mass is 35.5. The molecule has 0 amide bonds. The van der Waals surface area contributed by atoms with Crippen molar-refractivity contribution in [3.63, 3.8) is 0 Å². The molecule has 0 saturated heterocycles. The molecule has 1 rings (SSSR count). The largest absolute Gasteiger partial charge is 0.465 e. The van der Waals surface area contributed by atoms with Gasteiger partial charge in [0.15, 0.2) is 5.78 Å². The van der Waals surface area contributed by atoms with Crippen LogP contribution in [0.3, 0.4) is 0 Å². The van der Waals surface area contributed by atoms with Crippen LogP contribution in [0.15, 0.2) is 18.2 Å². The highest BCUT2D eigenvalue weighted by molar-refractivity contribution is 6.35. The van der Waals surface area contributed by atoms with E-state index in [2.05, 4.69) is 0 Å². The van der Waals surface area contributed by atoms with Crippen molar-refractivity contribution < 1.29 is 28.2 Å². The fourth-order valence-corrected chi connectivity index (χ4v) is 1.87. The van der Waals surface area contributed by atoms with Gasteiger partial charge in [0, 0.05) is 5.56 Å². The van der Waals surface area contributed by atoms with Gasteiger partial charge in [-0.2, -0.15) is 0 Å². The highest BCUT2D eigenvalue weighted by Gasteiger charge is 2.38. The predicted molar refractivity (Wildman–Crippen MR) is 72.5 cm³/mol. The summed E-state index contributed by atoms with van der Waals surface area (Å²) in [4.78, 5) is 35.9. The van der Waals surface area contributed by atoms with Crippen LogP contribution >= 0.6 is 11.6 Å². The average molecular weight is 317 g/mol. The summed E-state index contributed by atoms with van der Waals surface area (Å²) < 4.78 is 22.4. The van der Waals surface area contributed by atoms with Crippen molar-refractivity contribution >= 4 is 29.3 Å². The molecule has 21 heavy (non-hydrogen) atoms. The Kier molecular flexibility index (Phi) is 6.30. The van der Waals surface area contributed by atoms with Gasteiger partial charge in [-0.15, -0.1) is 0 Å². The van der Waals surface area contributed by atoms with Crippen LogP contribution in [0.1, 0.15) is 24.2 Å². The van der Waals surface area contributed by atoms with E-state index in [4.69, 9.17) is 21.1 Å². The molecule has 0 aromatic heterocycles. The normalized spacial score (nSPS) is 10.3. The Morgan fingerprint density at radius 1 is 1.14 bits per heavy atom. The van der Waals surface area contributed by atoms with Crippen molar-refractivity contribution in [2.45, 2.75) is 13.8 Å². The fourth-order valence-electron chi connectivity index (χ4n) is 1.61. The topological polar surface area (TPSA) is 69.7 Å². The van der Waals surface area contributed by atoms with Gasteiger partial charge in [-0.3, -0.25) is 14.4 Å². The third-order valence-corrected chi connectivity index (χ3v) is 2.82. The summed E-state index contributed by atoms with van der Waals surface area (Å²) in [6, 6.07) is 3.03. The van der Waals surface area contributed by atoms with Crippen LogP contribution < -0.4 is 0 Å². The molecule has 0 N–H and O–H groups in total. The maximum atomic E-state index is 13.0. The minimum absolute atomic E-state index is 0.000825. The molecule has 1 aromatic rings. The van der Waals surface area contributed by atoms with E-state index in [1.54, 1.807) is 0 Å². The maximum Gasteiger partial charge on any atom is 0.328 e. The standard InChI is InChI=1S/C14H14ClFO5/c1-3-20-13(18)11(14(19)21-4-2)12(17)9-6-5-8(16)7-10(9)15/h5-7,11H,3-4H2,1-2H3. The van der Waals surface area contributed by atoms with Crippen LogP contribution in [-0.4, -0.2) is 30.9 Å². The Morgan fingerprint density at radius 3 is 2.10 bits per heavy atom. The van der Waals surface area contributed by atoms with Crippen molar-refractivity contribution in [1.82, 2.24) is 0 Å². The first-order valence-electron chi connectivity index (χ1n) is 6.24. The number of ketones is 1. The molecule has 0 atom stereocenters. The Hall–Kier alpha value is -1.95. The van der Waals surface area contributed by atoms with Crippen LogP contribution in [0.5, 0.6) is 0 Å². The Balaban J connectivity index is 3.15. The van der Waals surface area contributed by atoms with Crippen molar-refractivity contribution in [3.8, 4) is 0 Å². The summed E-state index contributed by atoms with van der Waals surface area (Å²) in [5.41, 5.74) is -0.149. The minimum atomic E-state index is -1.77. The third kappa shape index (κ3) is 4.26. The number of Topliss-reactive ketones (excluding diaryl/α,β-unsaturated/α-hetero) is 1. The number of benzene rings is 1. The Bertz CT molecular complexity index is 540. The zero-order valence-electron chi connectivity index (χ0n) is 11.5. The van der Waals surface area contributed by atoms with Gasteiger partial charge in [-0.05, 0) is 32.0 Å². The molecule has 1 aromatic carbocycles. The van der Waals surface area contributed by atoms with Crippen molar-refractivity contribution in [1.29, 1.82) is 0 Å². The van der Waals surface area contributed by atoms with Crippen LogP contribution in [0.25, 0.3) is 0 Å². The molecular formula is C14H14ClFO5. The smallest absolute Gasteiger partial charge is 0.328 e.